The maximum Gasteiger partial charge on any atom is 0.257 e. The van der Waals surface area contributed by atoms with Gasteiger partial charge in [-0.15, -0.1) is 0 Å². The highest BCUT2D eigenvalue weighted by molar-refractivity contribution is 6.00. The normalized spacial score (nSPS) is 24.1. The van der Waals surface area contributed by atoms with Crippen molar-refractivity contribution in [3.63, 3.8) is 0 Å². The molecule has 0 aromatic heterocycles. The van der Waals surface area contributed by atoms with E-state index in [0.717, 1.165) is 12.8 Å². The SMILES string of the molecule is CO[C@@H]1CN(C)C(=O)c2cc(NC(=O)C3CC3)ccc2OC[C@H](C)N(C(=O)CN(C)C)C[C@H]1C. The monoisotopic (exact) mass is 474 g/mol. The van der Waals surface area contributed by atoms with Crippen molar-refractivity contribution in [2.45, 2.75) is 38.8 Å². The van der Waals surface area contributed by atoms with Crippen LogP contribution < -0.4 is 10.1 Å². The molecule has 1 saturated carbocycles. The molecule has 1 aromatic carbocycles. The number of benzene rings is 1. The Labute approximate surface area is 202 Å². The quantitative estimate of drug-likeness (QED) is 0.701. The number of amides is 3. The van der Waals surface area contributed by atoms with Gasteiger partial charge in [0.15, 0.2) is 0 Å². The zero-order valence-electron chi connectivity index (χ0n) is 21.2. The molecule has 1 aliphatic carbocycles. The summed E-state index contributed by atoms with van der Waals surface area (Å²) in [7, 11) is 7.09. The standard InChI is InChI=1S/C25H38N4O5/c1-16-12-29(23(30)14-27(3)4)17(2)15-34-21-10-9-19(26-24(31)18-7-8-18)11-20(21)25(32)28(5)13-22(16)33-6/h9-11,16-18,22H,7-8,12-15H2,1-6H3,(H,26,31)/t16-,17+,22-/m1/s1. The van der Waals surface area contributed by atoms with Crippen LogP contribution in [0.1, 0.15) is 37.0 Å². The molecule has 1 heterocycles. The number of rotatable bonds is 5. The predicted octanol–water partition coefficient (Wildman–Crippen LogP) is 1.93. The molecule has 1 aromatic rings. The molecule has 1 aliphatic heterocycles. The smallest absolute Gasteiger partial charge is 0.257 e. The molecule has 0 bridgehead atoms. The number of methoxy groups -OCH3 is 1. The summed E-state index contributed by atoms with van der Waals surface area (Å²) in [5.74, 6) is 0.272. The van der Waals surface area contributed by atoms with E-state index in [4.69, 9.17) is 9.47 Å². The van der Waals surface area contributed by atoms with Crippen LogP contribution in [0.2, 0.25) is 0 Å². The Morgan fingerprint density at radius 1 is 1.21 bits per heavy atom. The van der Waals surface area contributed by atoms with E-state index in [1.165, 1.54) is 0 Å². The van der Waals surface area contributed by atoms with Gasteiger partial charge in [0.2, 0.25) is 11.8 Å². The summed E-state index contributed by atoms with van der Waals surface area (Å²) in [5, 5.41) is 2.90. The number of nitrogens with zero attached hydrogens (tertiary/aromatic N) is 3. The van der Waals surface area contributed by atoms with Crippen molar-refractivity contribution in [3.8, 4) is 5.75 Å². The topological polar surface area (TPSA) is 91.4 Å². The molecule has 1 fully saturated rings. The molecule has 34 heavy (non-hydrogen) atoms. The molecule has 0 unspecified atom stereocenters. The largest absolute Gasteiger partial charge is 0.491 e. The van der Waals surface area contributed by atoms with Crippen molar-refractivity contribution in [1.82, 2.24) is 14.7 Å². The van der Waals surface area contributed by atoms with Gasteiger partial charge in [0.25, 0.3) is 5.91 Å². The lowest BCUT2D eigenvalue weighted by molar-refractivity contribution is -0.136. The highest BCUT2D eigenvalue weighted by Crippen LogP contribution is 2.31. The van der Waals surface area contributed by atoms with E-state index in [1.807, 2.05) is 37.7 Å². The second-order valence-corrected chi connectivity index (χ2v) is 9.86. The fourth-order valence-electron chi connectivity index (χ4n) is 4.15. The highest BCUT2D eigenvalue weighted by Gasteiger charge is 2.32. The van der Waals surface area contributed by atoms with Gasteiger partial charge in [-0.3, -0.25) is 14.4 Å². The highest BCUT2D eigenvalue weighted by atomic mass is 16.5. The minimum atomic E-state index is -0.252. The molecule has 1 N–H and O–H groups in total. The molecule has 9 nitrogen and oxygen atoms in total. The van der Waals surface area contributed by atoms with E-state index in [1.54, 1.807) is 37.3 Å². The summed E-state index contributed by atoms with van der Waals surface area (Å²) in [5.41, 5.74) is 0.943. The van der Waals surface area contributed by atoms with Crippen LogP contribution >= 0.6 is 0 Å². The molecule has 0 saturated heterocycles. The second kappa shape index (κ2) is 11.2. The number of nitrogens with one attached hydrogen (secondary N) is 1. The van der Waals surface area contributed by atoms with Crippen molar-refractivity contribution in [3.05, 3.63) is 23.8 Å². The Bertz CT molecular complexity index is 901. The Morgan fingerprint density at radius 3 is 2.53 bits per heavy atom. The van der Waals surface area contributed by atoms with Crippen molar-refractivity contribution >= 4 is 23.4 Å². The molecular formula is C25H38N4O5. The minimum absolute atomic E-state index is 0.00289. The number of hydrogen-bond donors (Lipinski definition) is 1. The first-order valence-electron chi connectivity index (χ1n) is 11.9. The van der Waals surface area contributed by atoms with Crippen molar-refractivity contribution < 1.29 is 23.9 Å². The van der Waals surface area contributed by atoms with Crippen LogP contribution in [0.3, 0.4) is 0 Å². The average molecular weight is 475 g/mol. The molecule has 3 atom stereocenters. The summed E-state index contributed by atoms with van der Waals surface area (Å²) in [4.78, 5) is 44.0. The van der Waals surface area contributed by atoms with E-state index in [-0.39, 0.29) is 48.3 Å². The number of hydrogen-bond acceptors (Lipinski definition) is 6. The van der Waals surface area contributed by atoms with Crippen LogP contribution in [0.5, 0.6) is 5.75 Å². The fraction of sp³-hybridized carbons (Fsp3) is 0.640. The van der Waals surface area contributed by atoms with Gasteiger partial charge < -0.3 is 29.5 Å². The number of anilines is 1. The first kappa shape index (κ1) is 26.0. The van der Waals surface area contributed by atoms with Gasteiger partial charge in [-0.2, -0.15) is 0 Å². The lowest BCUT2D eigenvalue weighted by atomic mass is 10.0. The average Bonchev–Trinajstić information content (AvgIpc) is 3.63. The number of carbonyl (C=O) groups excluding carboxylic acids is 3. The molecule has 0 spiro atoms. The van der Waals surface area contributed by atoms with E-state index in [2.05, 4.69) is 5.32 Å². The van der Waals surface area contributed by atoms with E-state index >= 15 is 0 Å². The van der Waals surface area contributed by atoms with Gasteiger partial charge in [0.1, 0.15) is 12.4 Å². The molecule has 0 radical (unpaired) electrons. The van der Waals surface area contributed by atoms with E-state index in [0.29, 0.717) is 36.6 Å². The predicted molar refractivity (Wildman–Crippen MR) is 130 cm³/mol. The van der Waals surface area contributed by atoms with Crippen LogP contribution in [0.4, 0.5) is 5.69 Å². The Hall–Kier alpha value is -2.65. The van der Waals surface area contributed by atoms with Gasteiger partial charge in [0.05, 0.1) is 24.3 Å². The summed E-state index contributed by atoms with van der Waals surface area (Å²) in [6.07, 6.45) is 1.55. The Balaban J connectivity index is 1.92. The van der Waals surface area contributed by atoms with E-state index < -0.39 is 0 Å². The molecule has 3 rings (SSSR count). The summed E-state index contributed by atoms with van der Waals surface area (Å²) < 4.78 is 11.8. The summed E-state index contributed by atoms with van der Waals surface area (Å²) in [6, 6.07) is 4.93. The van der Waals surface area contributed by atoms with Crippen molar-refractivity contribution in [2.75, 3.05) is 59.8 Å². The third kappa shape index (κ3) is 6.48. The van der Waals surface area contributed by atoms with Crippen LogP contribution in [-0.4, -0.2) is 99.1 Å². The lowest BCUT2D eigenvalue weighted by Gasteiger charge is -2.36. The summed E-state index contributed by atoms with van der Waals surface area (Å²) in [6.45, 7) is 5.37. The van der Waals surface area contributed by atoms with Gasteiger partial charge in [-0.25, -0.2) is 0 Å². The van der Waals surface area contributed by atoms with Gasteiger partial charge in [-0.1, -0.05) is 6.92 Å². The number of fused-ring (bicyclic) bond motifs is 1. The number of ether oxygens (including phenoxy) is 2. The van der Waals surface area contributed by atoms with Crippen LogP contribution in [0.15, 0.2) is 18.2 Å². The molecular weight excluding hydrogens is 436 g/mol. The second-order valence-electron chi connectivity index (χ2n) is 9.86. The Morgan fingerprint density at radius 2 is 1.91 bits per heavy atom. The Kier molecular flexibility index (Phi) is 8.54. The first-order chi connectivity index (χ1) is 16.1. The fourth-order valence-corrected chi connectivity index (χ4v) is 4.15. The molecule has 3 amide bonds. The third-order valence-electron chi connectivity index (χ3n) is 6.43. The van der Waals surface area contributed by atoms with Crippen LogP contribution in [0.25, 0.3) is 0 Å². The first-order valence-corrected chi connectivity index (χ1v) is 11.9. The van der Waals surface area contributed by atoms with Gasteiger partial charge in [0, 0.05) is 44.8 Å². The lowest BCUT2D eigenvalue weighted by Crippen LogP contribution is -2.50. The molecule has 9 heteroatoms. The molecule has 188 valence electrons. The maximum absolute atomic E-state index is 13.4. The number of carbonyl (C=O) groups is 3. The molecule has 2 aliphatic rings. The summed E-state index contributed by atoms with van der Waals surface area (Å²) >= 11 is 0. The maximum atomic E-state index is 13.4. The van der Waals surface area contributed by atoms with Crippen LogP contribution in [-0.2, 0) is 14.3 Å². The van der Waals surface area contributed by atoms with Gasteiger partial charge >= 0.3 is 0 Å². The van der Waals surface area contributed by atoms with Crippen LogP contribution in [0, 0.1) is 11.8 Å². The third-order valence-corrected chi connectivity index (χ3v) is 6.43. The van der Waals surface area contributed by atoms with E-state index in [9.17, 15) is 14.4 Å². The minimum Gasteiger partial charge on any atom is -0.491 e. The zero-order valence-corrected chi connectivity index (χ0v) is 21.2. The van der Waals surface area contributed by atoms with Crippen molar-refractivity contribution in [1.29, 1.82) is 0 Å². The number of likely N-dealkylation sites (N-methyl/N-ethyl adjacent to an activating group) is 2. The van der Waals surface area contributed by atoms with Gasteiger partial charge in [-0.05, 0) is 52.1 Å². The zero-order chi connectivity index (χ0) is 25.0. The van der Waals surface area contributed by atoms with Crippen molar-refractivity contribution in [2.24, 2.45) is 11.8 Å².